The van der Waals surface area contributed by atoms with Gasteiger partial charge in [-0.15, -0.1) is 11.8 Å². The second-order valence-corrected chi connectivity index (χ2v) is 9.22. The van der Waals surface area contributed by atoms with Crippen molar-refractivity contribution >= 4 is 17.7 Å². The van der Waals surface area contributed by atoms with Crippen molar-refractivity contribution in [1.29, 1.82) is 0 Å². The summed E-state index contributed by atoms with van der Waals surface area (Å²) in [7, 11) is 3.30. The highest BCUT2D eigenvalue weighted by atomic mass is 32.2. The fourth-order valence-corrected chi connectivity index (χ4v) is 4.76. The summed E-state index contributed by atoms with van der Waals surface area (Å²) >= 11 is 1.80. The standard InChI is InChI=1S/C20H31NO3S/c1-14(13-20(2,3)4)9-18(22)21-7-8-25-19(21)15-10-16(23-5)12-17(11-15)24-6/h10-12,14,19H,7-9,13H2,1-6H3/t14-,19-/m1/s1. The number of carbonyl (C=O) groups is 1. The number of rotatable bonds is 6. The summed E-state index contributed by atoms with van der Waals surface area (Å²) < 4.78 is 10.8. The molecule has 1 saturated heterocycles. The predicted molar refractivity (Wildman–Crippen MR) is 104 cm³/mol. The summed E-state index contributed by atoms with van der Waals surface area (Å²) in [5.74, 6) is 3.11. The highest BCUT2D eigenvalue weighted by Gasteiger charge is 2.32. The number of nitrogens with zero attached hydrogens (tertiary/aromatic N) is 1. The molecule has 0 saturated carbocycles. The molecule has 140 valence electrons. The molecule has 1 aliphatic rings. The second kappa shape index (κ2) is 8.35. The lowest BCUT2D eigenvalue weighted by atomic mass is 9.84. The lowest BCUT2D eigenvalue weighted by molar-refractivity contribution is -0.132. The fourth-order valence-electron chi connectivity index (χ4n) is 3.51. The van der Waals surface area contributed by atoms with Gasteiger partial charge in [-0.2, -0.15) is 0 Å². The molecule has 0 radical (unpaired) electrons. The maximum Gasteiger partial charge on any atom is 0.224 e. The first kappa shape index (κ1) is 20.0. The van der Waals surface area contributed by atoms with E-state index in [4.69, 9.17) is 9.47 Å². The minimum Gasteiger partial charge on any atom is -0.497 e. The van der Waals surface area contributed by atoms with Crippen molar-refractivity contribution in [3.8, 4) is 11.5 Å². The van der Waals surface area contributed by atoms with Crippen molar-refractivity contribution in [3.05, 3.63) is 23.8 Å². The number of thioether (sulfide) groups is 1. The molecule has 1 amide bonds. The van der Waals surface area contributed by atoms with Crippen molar-refractivity contribution in [2.24, 2.45) is 11.3 Å². The van der Waals surface area contributed by atoms with E-state index < -0.39 is 0 Å². The van der Waals surface area contributed by atoms with Gasteiger partial charge in [-0.25, -0.2) is 0 Å². The fraction of sp³-hybridized carbons (Fsp3) is 0.650. The van der Waals surface area contributed by atoms with E-state index in [2.05, 4.69) is 27.7 Å². The largest absolute Gasteiger partial charge is 0.497 e. The molecule has 1 fully saturated rings. The number of hydrogen-bond donors (Lipinski definition) is 0. The third-order valence-electron chi connectivity index (χ3n) is 4.35. The predicted octanol–water partition coefficient (Wildman–Crippen LogP) is 4.74. The van der Waals surface area contributed by atoms with Gasteiger partial charge in [-0.05, 0) is 35.4 Å². The van der Waals surface area contributed by atoms with Gasteiger partial charge in [0.1, 0.15) is 16.9 Å². The Labute approximate surface area is 156 Å². The van der Waals surface area contributed by atoms with Crippen molar-refractivity contribution in [3.63, 3.8) is 0 Å². The highest BCUT2D eigenvalue weighted by molar-refractivity contribution is 7.99. The third-order valence-corrected chi connectivity index (χ3v) is 5.61. The smallest absolute Gasteiger partial charge is 0.224 e. The zero-order chi connectivity index (χ0) is 18.6. The quantitative estimate of drug-likeness (QED) is 0.730. The van der Waals surface area contributed by atoms with Gasteiger partial charge in [0.05, 0.1) is 14.2 Å². The van der Waals surface area contributed by atoms with Crippen LogP contribution < -0.4 is 9.47 Å². The molecule has 0 aliphatic carbocycles. The molecule has 0 bridgehead atoms. The molecule has 1 heterocycles. The minimum atomic E-state index is 0.0401. The number of ether oxygens (including phenoxy) is 2. The molecular weight excluding hydrogens is 334 g/mol. The zero-order valence-corrected chi connectivity index (χ0v) is 17.1. The lowest BCUT2D eigenvalue weighted by Crippen LogP contribution is -2.32. The van der Waals surface area contributed by atoms with Gasteiger partial charge < -0.3 is 14.4 Å². The number of methoxy groups -OCH3 is 2. The van der Waals surface area contributed by atoms with Crippen LogP contribution in [0.15, 0.2) is 18.2 Å². The molecule has 0 spiro atoms. The van der Waals surface area contributed by atoms with Gasteiger partial charge >= 0.3 is 0 Å². The van der Waals surface area contributed by atoms with Crippen molar-refractivity contribution < 1.29 is 14.3 Å². The lowest BCUT2D eigenvalue weighted by Gasteiger charge is -2.28. The van der Waals surface area contributed by atoms with E-state index in [0.717, 1.165) is 35.8 Å². The van der Waals surface area contributed by atoms with Crippen LogP contribution in [0, 0.1) is 11.3 Å². The van der Waals surface area contributed by atoms with Crippen LogP contribution in [-0.4, -0.2) is 37.3 Å². The number of benzene rings is 1. The minimum absolute atomic E-state index is 0.0401. The first-order valence-corrected chi connectivity index (χ1v) is 9.92. The van der Waals surface area contributed by atoms with E-state index in [1.54, 1.807) is 26.0 Å². The Kier molecular flexibility index (Phi) is 6.66. The average molecular weight is 366 g/mol. The molecule has 2 atom stereocenters. The van der Waals surface area contributed by atoms with Gasteiger partial charge in [0.15, 0.2) is 0 Å². The summed E-state index contributed by atoms with van der Waals surface area (Å²) in [6.45, 7) is 9.66. The molecule has 0 aromatic heterocycles. The maximum absolute atomic E-state index is 12.9. The van der Waals surface area contributed by atoms with E-state index in [9.17, 15) is 4.79 Å². The number of hydrogen-bond acceptors (Lipinski definition) is 4. The Bertz CT molecular complexity index is 575. The monoisotopic (exact) mass is 365 g/mol. The van der Waals surface area contributed by atoms with Crippen LogP contribution in [0.5, 0.6) is 11.5 Å². The van der Waals surface area contributed by atoms with Crippen LogP contribution in [0.2, 0.25) is 0 Å². The van der Waals surface area contributed by atoms with Gasteiger partial charge in [-0.3, -0.25) is 4.79 Å². The Morgan fingerprint density at radius 3 is 2.36 bits per heavy atom. The molecule has 1 aliphatic heterocycles. The van der Waals surface area contributed by atoms with Crippen LogP contribution in [0.1, 0.15) is 51.5 Å². The van der Waals surface area contributed by atoms with E-state index in [1.165, 1.54) is 0 Å². The summed E-state index contributed by atoms with van der Waals surface area (Å²) in [5, 5.41) is 0.0401. The SMILES string of the molecule is COc1cc(OC)cc([C@H]2SCCN2C(=O)C[C@@H](C)CC(C)(C)C)c1. The first-order chi connectivity index (χ1) is 11.7. The Morgan fingerprint density at radius 1 is 1.24 bits per heavy atom. The van der Waals surface area contributed by atoms with Crippen LogP contribution >= 0.6 is 11.8 Å². The van der Waals surface area contributed by atoms with E-state index in [1.807, 2.05) is 23.1 Å². The van der Waals surface area contributed by atoms with Gasteiger partial charge in [0.25, 0.3) is 0 Å². The molecule has 2 rings (SSSR count). The second-order valence-electron chi connectivity index (χ2n) is 8.03. The highest BCUT2D eigenvalue weighted by Crippen LogP contribution is 2.41. The number of carbonyl (C=O) groups excluding carboxylic acids is 1. The molecule has 0 unspecified atom stereocenters. The van der Waals surface area contributed by atoms with Crippen molar-refractivity contribution in [2.75, 3.05) is 26.5 Å². The normalized spacial score (nSPS) is 19.0. The van der Waals surface area contributed by atoms with Gasteiger partial charge in [0.2, 0.25) is 5.91 Å². The Balaban J connectivity index is 2.13. The van der Waals surface area contributed by atoms with E-state index in [-0.39, 0.29) is 16.7 Å². The molecule has 4 nitrogen and oxygen atoms in total. The summed E-state index contributed by atoms with van der Waals surface area (Å²) in [5.41, 5.74) is 1.31. The van der Waals surface area contributed by atoms with Crippen LogP contribution in [0.3, 0.4) is 0 Å². The van der Waals surface area contributed by atoms with Crippen LogP contribution in [0.25, 0.3) is 0 Å². The van der Waals surface area contributed by atoms with E-state index in [0.29, 0.717) is 12.3 Å². The van der Waals surface area contributed by atoms with Crippen LogP contribution in [0.4, 0.5) is 0 Å². The molecule has 0 N–H and O–H groups in total. The Morgan fingerprint density at radius 2 is 1.84 bits per heavy atom. The summed E-state index contributed by atoms with van der Waals surface area (Å²) in [6.07, 6.45) is 1.66. The first-order valence-electron chi connectivity index (χ1n) is 8.87. The summed E-state index contributed by atoms with van der Waals surface area (Å²) in [6, 6.07) is 5.87. The number of amides is 1. The van der Waals surface area contributed by atoms with Gasteiger partial charge in [0, 0.05) is 24.8 Å². The van der Waals surface area contributed by atoms with Crippen molar-refractivity contribution in [2.45, 2.75) is 45.9 Å². The van der Waals surface area contributed by atoms with Gasteiger partial charge in [-0.1, -0.05) is 27.7 Å². The molecular formula is C20H31NO3S. The van der Waals surface area contributed by atoms with Crippen molar-refractivity contribution in [1.82, 2.24) is 4.90 Å². The maximum atomic E-state index is 12.9. The van der Waals surface area contributed by atoms with Crippen LogP contribution in [-0.2, 0) is 4.79 Å². The average Bonchev–Trinajstić information content (AvgIpc) is 3.02. The van der Waals surface area contributed by atoms with E-state index >= 15 is 0 Å². The summed E-state index contributed by atoms with van der Waals surface area (Å²) in [4.78, 5) is 14.9. The zero-order valence-electron chi connectivity index (χ0n) is 16.3. The molecule has 5 heteroatoms. The molecule has 1 aromatic carbocycles. The molecule has 25 heavy (non-hydrogen) atoms. The Hall–Kier alpha value is -1.36. The topological polar surface area (TPSA) is 38.8 Å². The third kappa shape index (κ3) is 5.56. The molecule has 1 aromatic rings.